The second-order valence-electron chi connectivity index (χ2n) is 2.50. The van der Waals surface area contributed by atoms with Gasteiger partial charge in [0.1, 0.15) is 0 Å². The first-order valence-corrected chi connectivity index (χ1v) is 5.97. The minimum absolute atomic E-state index is 0.0246. The first-order valence-electron chi connectivity index (χ1n) is 3.82. The molecule has 1 rings (SSSR count). The van der Waals surface area contributed by atoms with Gasteiger partial charge in [-0.15, -0.1) is 0 Å². The fraction of sp³-hybridized carbons (Fsp3) is 0.375. The summed E-state index contributed by atoms with van der Waals surface area (Å²) in [5.74, 6) is -0.0246. The number of hydrogen-bond acceptors (Lipinski definition) is 4. The molecule has 1 aliphatic heterocycles. The van der Waals surface area contributed by atoms with Gasteiger partial charge in [0.25, 0.3) is 0 Å². The van der Waals surface area contributed by atoms with Crippen LogP contribution in [0, 0.1) is 0 Å². The Morgan fingerprint density at radius 2 is 2.08 bits per heavy atom. The van der Waals surface area contributed by atoms with Crippen LogP contribution in [0.25, 0.3) is 0 Å². The molecule has 3 nitrogen and oxygen atoms in total. The van der Waals surface area contributed by atoms with Crippen LogP contribution in [0.3, 0.4) is 0 Å². The number of carbonyl (C=O) groups is 1. The Morgan fingerprint density at radius 1 is 1.46 bits per heavy atom. The molecule has 0 aliphatic carbocycles. The summed E-state index contributed by atoms with van der Waals surface area (Å²) >= 11 is 0. The molecule has 5 heteroatoms. The highest BCUT2D eigenvalue weighted by atomic mass is 33.1. The lowest BCUT2D eigenvalue weighted by atomic mass is 10.4. The van der Waals surface area contributed by atoms with Crippen LogP contribution in [0.15, 0.2) is 22.0 Å². The van der Waals surface area contributed by atoms with Gasteiger partial charge in [0.15, 0.2) is 0 Å². The van der Waals surface area contributed by atoms with Crippen molar-refractivity contribution in [2.75, 3.05) is 13.2 Å². The highest BCUT2D eigenvalue weighted by Crippen LogP contribution is 2.39. The van der Waals surface area contributed by atoms with Crippen LogP contribution in [0.5, 0.6) is 0 Å². The van der Waals surface area contributed by atoms with Crippen molar-refractivity contribution in [1.29, 1.82) is 0 Å². The molecule has 0 radical (unpaired) electrons. The quantitative estimate of drug-likeness (QED) is 0.699. The van der Waals surface area contributed by atoms with E-state index in [2.05, 4.69) is 5.32 Å². The molecular weight excluding hydrogens is 206 g/mol. The number of hydrogen-bond donors (Lipinski definition) is 2. The van der Waals surface area contributed by atoms with E-state index in [0.29, 0.717) is 6.54 Å². The van der Waals surface area contributed by atoms with E-state index in [0.717, 1.165) is 9.81 Å². The standard InChI is InChI=1S/C8H11NO2S2/c1-6(11)9-4-7-2-3-8(5-10)13-12-7/h2-3,10H,4-5H2,1H3,(H,9,11). The van der Waals surface area contributed by atoms with Crippen LogP contribution >= 0.6 is 21.6 Å². The second-order valence-corrected chi connectivity index (χ2v) is 4.88. The first kappa shape index (κ1) is 10.7. The Hall–Kier alpha value is -0.390. The normalized spacial score (nSPS) is 16.2. The third-order valence-corrected chi connectivity index (χ3v) is 3.97. The zero-order chi connectivity index (χ0) is 9.68. The average molecular weight is 217 g/mol. The summed E-state index contributed by atoms with van der Waals surface area (Å²) in [5, 5.41) is 11.5. The largest absolute Gasteiger partial charge is 0.391 e. The zero-order valence-corrected chi connectivity index (χ0v) is 8.87. The molecule has 0 atom stereocenters. The summed E-state index contributed by atoms with van der Waals surface area (Å²) < 4.78 is 0. The molecule has 1 aliphatic rings. The van der Waals surface area contributed by atoms with Crippen LogP contribution in [-0.2, 0) is 4.79 Å². The van der Waals surface area contributed by atoms with Gasteiger partial charge in [-0.25, -0.2) is 0 Å². The second kappa shape index (κ2) is 5.36. The molecule has 0 aromatic carbocycles. The Balaban J connectivity index is 2.41. The number of rotatable bonds is 3. The van der Waals surface area contributed by atoms with Crippen molar-refractivity contribution in [2.45, 2.75) is 6.92 Å². The predicted octanol–water partition coefficient (Wildman–Crippen LogP) is 1.28. The highest BCUT2D eigenvalue weighted by molar-refractivity contribution is 8.79. The lowest BCUT2D eigenvalue weighted by molar-refractivity contribution is -0.118. The maximum atomic E-state index is 10.6. The summed E-state index contributed by atoms with van der Waals surface area (Å²) in [6, 6.07) is 0. The first-order chi connectivity index (χ1) is 6.22. The highest BCUT2D eigenvalue weighted by Gasteiger charge is 2.07. The number of aliphatic hydroxyl groups is 1. The van der Waals surface area contributed by atoms with Gasteiger partial charge < -0.3 is 10.4 Å². The topological polar surface area (TPSA) is 49.3 Å². The third-order valence-electron chi connectivity index (χ3n) is 1.38. The van der Waals surface area contributed by atoms with Crippen LogP contribution in [0.4, 0.5) is 0 Å². The van der Waals surface area contributed by atoms with Gasteiger partial charge in [-0.1, -0.05) is 21.6 Å². The molecule has 0 saturated carbocycles. The van der Waals surface area contributed by atoms with E-state index < -0.39 is 0 Å². The van der Waals surface area contributed by atoms with Crippen LogP contribution in [-0.4, -0.2) is 24.2 Å². The molecule has 0 aromatic rings. The van der Waals surface area contributed by atoms with E-state index in [4.69, 9.17) is 5.11 Å². The van der Waals surface area contributed by atoms with E-state index in [1.807, 2.05) is 12.2 Å². The molecular formula is C8H11NO2S2. The summed E-state index contributed by atoms with van der Waals surface area (Å²) in [7, 11) is 3.10. The minimum atomic E-state index is -0.0246. The zero-order valence-electron chi connectivity index (χ0n) is 7.24. The Kier molecular flexibility index (Phi) is 4.41. The predicted molar refractivity (Wildman–Crippen MR) is 57.1 cm³/mol. The number of aliphatic hydroxyl groups excluding tert-OH is 1. The van der Waals surface area contributed by atoms with Gasteiger partial charge in [-0.3, -0.25) is 4.79 Å². The van der Waals surface area contributed by atoms with Gasteiger partial charge in [0.05, 0.1) is 6.61 Å². The lowest BCUT2D eigenvalue weighted by Crippen LogP contribution is -2.21. The van der Waals surface area contributed by atoms with E-state index in [9.17, 15) is 4.79 Å². The van der Waals surface area contributed by atoms with Crippen LogP contribution in [0.2, 0.25) is 0 Å². The van der Waals surface area contributed by atoms with Crippen LogP contribution in [0.1, 0.15) is 6.92 Å². The summed E-state index contributed by atoms with van der Waals surface area (Å²) in [5.41, 5.74) is 0. The third kappa shape index (κ3) is 3.89. The molecule has 0 aromatic heterocycles. The van der Waals surface area contributed by atoms with Crippen molar-refractivity contribution in [2.24, 2.45) is 0 Å². The summed E-state index contributed by atoms with van der Waals surface area (Å²) in [4.78, 5) is 12.6. The van der Waals surface area contributed by atoms with E-state index in [1.165, 1.54) is 17.7 Å². The van der Waals surface area contributed by atoms with Crippen molar-refractivity contribution in [1.82, 2.24) is 5.32 Å². The van der Waals surface area contributed by atoms with Gasteiger partial charge in [-0.2, -0.15) is 0 Å². The van der Waals surface area contributed by atoms with Crippen molar-refractivity contribution in [3.63, 3.8) is 0 Å². The van der Waals surface area contributed by atoms with Gasteiger partial charge in [0, 0.05) is 23.3 Å². The molecule has 13 heavy (non-hydrogen) atoms. The Bertz CT molecular complexity index is 261. The van der Waals surface area contributed by atoms with Crippen molar-refractivity contribution < 1.29 is 9.90 Å². The number of allylic oxidation sites excluding steroid dienone is 2. The molecule has 0 spiro atoms. The number of carbonyl (C=O) groups excluding carboxylic acids is 1. The Morgan fingerprint density at radius 3 is 2.54 bits per heavy atom. The van der Waals surface area contributed by atoms with Crippen LogP contribution < -0.4 is 5.32 Å². The van der Waals surface area contributed by atoms with E-state index >= 15 is 0 Å². The van der Waals surface area contributed by atoms with Crippen molar-refractivity contribution >= 4 is 27.5 Å². The summed E-state index contributed by atoms with van der Waals surface area (Å²) in [6.07, 6.45) is 3.79. The smallest absolute Gasteiger partial charge is 0.217 e. The molecule has 2 N–H and O–H groups in total. The number of amides is 1. The monoisotopic (exact) mass is 217 g/mol. The molecule has 0 unspecified atom stereocenters. The molecule has 1 amide bonds. The Labute approximate surface area is 85.1 Å². The molecule has 72 valence electrons. The van der Waals surface area contributed by atoms with E-state index in [1.54, 1.807) is 10.8 Å². The number of nitrogens with one attached hydrogen (secondary N) is 1. The molecule has 0 bridgehead atoms. The maximum Gasteiger partial charge on any atom is 0.217 e. The molecule has 1 heterocycles. The fourth-order valence-electron chi connectivity index (χ4n) is 0.728. The van der Waals surface area contributed by atoms with Crippen molar-refractivity contribution in [3.8, 4) is 0 Å². The average Bonchev–Trinajstić information content (AvgIpc) is 2.15. The van der Waals surface area contributed by atoms with E-state index in [-0.39, 0.29) is 12.5 Å². The summed E-state index contributed by atoms with van der Waals surface area (Å²) in [6.45, 7) is 2.15. The molecule has 0 saturated heterocycles. The van der Waals surface area contributed by atoms with Gasteiger partial charge >= 0.3 is 0 Å². The van der Waals surface area contributed by atoms with Gasteiger partial charge in [0.2, 0.25) is 5.91 Å². The van der Waals surface area contributed by atoms with Crippen molar-refractivity contribution in [3.05, 3.63) is 22.0 Å². The lowest BCUT2D eigenvalue weighted by Gasteiger charge is -2.11. The minimum Gasteiger partial charge on any atom is -0.391 e. The molecule has 0 fully saturated rings. The fourth-order valence-corrected chi connectivity index (χ4v) is 2.68. The SMILES string of the molecule is CC(=O)NCC1=CC=C(CO)SS1. The maximum absolute atomic E-state index is 10.6. The van der Waals surface area contributed by atoms with Gasteiger partial charge in [-0.05, 0) is 12.2 Å².